The average molecular weight is 266 g/mol. The number of nitrogen functional groups attached to an aromatic ring is 1. The maximum Gasteiger partial charge on any atom is 0.159 e. The minimum absolute atomic E-state index is 0.545. The molecule has 2 rings (SSSR count). The highest BCUT2D eigenvalue weighted by molar-refractivity contribution is 9.10. The van der Waals surface area contributed by atoms with Gasteiger partial charge in [0.15, 0.2) is 5.82 Å². The predicted octanol–water partition coefficient (Wildman–Crippen LogP) is 2.47. The van der Waals surface area contributed by atoms with E-state index in [-0.39, 0.29) is 0 Å². The van der Waals surface area contributed by atoms with Gasteiger partial charge in [-0.3, -0.25) is 4.68 Å². The van der Waals surface area contributed by atoms with Crippen LogP contribution in [-0.2, 0) is 13.0 Å². The molecule has 0 atom stereocenters. The molecule has 4 heteroatoms. The molecule has 0 amide bonds. The van der Waals surface area contributed by atoms with Gasteiger partial charge in [0.1, 0.15) is 0 Å². The van der Waals surface area contributed by atoms with Crippen molar-refractivity contribution in [3.05, 3.63) is 46.6 Å². The van der Waals surface area contributed by atoms with Crippen molar-refractivity contribution in [1.82, 2.24) is 9.78 Å². The lowest BCUT2D eigenvalue weighted by atomic mass is 10.2. The van der Waals surface area contributed by atoms with Gasteiger partial charge in [-0.15, -0.1) is 0 Å². The second kappa shape index (κ2) is 4.49. The van der Waals surface area contributed by atoms with E-state index in [4.69, 9.17) is 5.73 Å². The van der Waals surface area contributed by atoms with Crippen LogP contribution in [0.15, 0.2) is 41.0 Å². The summed E-state index contributed by atoms with van der Waals surface area (Å²) in [6.07, 6.45) is 2.87. The van der Waals surface area contributed by atoms with E-state index in [1.54, 1.807) is 0 Å². The number of hydrogen-bond acceptors (Lipinski definition) is 2. The maximum absolute atomic E-state index is 5.63. The number of aromatic nitrogens is 2. The molecule has 15 heavy (non-hydrogen) atoms. The summed E-state index contributed by atoms with van der Waals surface area (Å²) >= 11 is 3.33. The largest absolute Gasteiger partial charge is 0.381 e. The molecule has 0 aliphatic rings. The SMILES string of the molecule is Nc1nn(CCc2ccccc2)cc1Br. The summed E-state index contributed by atoms with van der Waals surface area (Å²) in [6.45, 7) is 0.847. The molecule has 0 radical (unpaired) electrons. The molecule has 0 fully saturated rings. The van der Waals surface area contributed by atoms with Crippen LogP contribution in [-0.4, -0.2) is 9.78 Å². The molecule has 2 aromatic rings. The van der Waals surface area contributed by atoms with Gasteiger partial charge in [0.2, 0.25) is 0 Å². The monoisotopic (exact) mass is 265 g/mol. The number of hydrogen-bond donors (Lipinski definition) is 1. The number of halogens is 1. The van der Waals surface area contributed by atoms with Gasteiger partial charge in [-0.25, -0.2) is 0 Å². The number of aryl methyl sites for hydroxylation is 2. The Labute approximate surface area is 97.0 Å². The highest BCUT2D eigenvalue weighted by Gasteiger charge is 2.01. The van der Waals surface area contributed by atoms with Crippen molar-refractivity contribution in [3.8, 4) is 0 Å². The Morgan fingerprint density at radius 1 is 1.27 bits per heavy atom. The summed E-state index contributed by atoms with van der Waals surface area (Å²) in [5.41, 5.74) is 6.94. The standard InChI is InChI=1S/C11H12BrN3/c12-10-8-15(14-11(10)13)7-6-9-4-2-1-3-5-9/h1-5,8H,6-7H2,(H2,13,14). The number of anilines is 1. The van der Waals surface area contributed by atoms with Crippen LogP contribution in [0.25, 0.3) is 0 Å². The summed E-state index contributed by atoms with van der Waals surface area (Å²) in [5.74, 6) is 0.545. The minimum atomic E-state index is 0.545. The van der Waals surface area contributed by atoms with E-state index in [9.17, 15) is 0 Å². The van der Waals surface area contributed by atoms with E-state index in [0.29, 0.717) is 5.82 Å². The van der Waals surface area contributed by atoms with Gasteiger partial charge in [0, 0.05) is 12.7 Å². The lowest BCUT2D eigenvalue weighted by molar-refractivity contribution is 0.617. The second-order valence-electron chi connectivity index (χ2n) is 3.36. The predicted molar refractivity (Wildman–Crippen MR) is 64.5 cm³/mol. The molecule has 2 N–H and O–H groups in total. The zero-order chi connectivity index (χ0) is 10.7. The Kier molecular flexibility index (Phi) is 3.06. The Morgan fingerprint density at radius 3 is 2.60 bits per heavy atom. The quantitative estimate of drug-likeness (QED) is 0.927. The van der Waals surface area contributed by atoms with E-state index in [2.05, 4.69) is 33.2 Å². The first-order valence-electron chi connectivity index (χ1n) is 4.78. The third-order valence-corrected chi connectivity index (χ3v) is 2.83. The van der Waals surface area contributed by atoms with Crippen molar-refractivity contribution in [2.24, 2.45) is 0 Å². The molecule has 0 saturated heterocycles. The van der Waals surface area contributed by atoms with Crippen molar-refractivity contribution in [1.29, 1.82) is 0 Å². The molecule has 78 valence electrons. The van der Waals surface area contributed by atoms with Crippen molar-refractivity contribution in [2.45, 2.75) is 13.0 Å². The smallest absolute Gasteiger partial charge is 0.159 e. The van der Waals surface area contributed by atoms with Crippen LogP contribution in [0.1, 0.15) is 5.56 Å². The second-order valence-corrected chi connectivity index (χ2v) is 4.22. The molecule has 0 bridgehead atoms. The molecule has 0 spiro atoms. The lowest BCUT2D eigenvalue weighted by Gasteiger charge is -2.01. The third kappa shape index (κ3) is 2.59. The van der Waals surface area contributed by atoms with E-state index in [1.165, 1.54) is 5.56 Å². The summed E-state index contributed by atoms with van der Waals surface area (Å²) in [7, 11) is 0. The zero-order valence-electron chi connectivity index (χ0n) is 8.23. The third-order valence-electron chi connectivity index (χ3n) is 2.22. The molecule has 1 aromatic carbocycles. The van der Waals surface area contributed by atoms with E-state index in [1.807, 2.05) is 29.1 Å². The molecule has 3 nitrogen and oxygen atoms in total. The summed E-state index contributed by atoms with van der Waals surface area (Å²) in [4.78, 5) is 0. The van der Waals surface area contributed by atoms with E-state index >= 15 is 0 Å². The minimum Gasteiger partial charge on any atom is -0.381 e. The fraction of sp³-hybridized carbons (Fsp3) is 0.182. The molecule has 1 aromatic heterocycles. The van der Waals surface area contributed by atoms with Crippen molar-refractivity contribution >= 4 is 21.7 Å². The van der Waals surface area contributed by atoms with Crippen molar-refractivity contribution in [2.75, 3.05) is 5.73 Å². The Bertz CT molecular complexity index is 417. The summed E-state index contributed by atoms with van der Waals surface area (Å²) in [5, 5.41) is 4.17. The van der Waals surface area contributed by atoms with Gasteiger partial charge in [0.05, 0.1) is 4.47 Å². The van der Waals surface area contributed by atoms with Gasteiger partial charge in [-0.1, -0.05) is 30.3 Å². The van der Waals surface area contributed by atoms with Crippen LogP contribution in [0, 0.1) is 0 Å². The molecule has 1 heterocycles. The number of nitrogens with two attached hydrogens (primary N) is 1. The maximum atomic E-state index is 5.63. The number of benzene rings is 1. The lowest BCUT2D eigenvalue weighted by Crippen LogP contribution is -2.02. The summed E-state index contributed by atoms with van der Waals surface area (Å²) in [6, 6.07) is 10.3. The van der Waals surface area contributed by atoms with Crippen LogP contribution in [0.2, 0.25) is 0 Å². The highest BCUT2D eigenvalue weighted by atomic mass is 79.9. The van der Waals surface area contributed by atoms with Gasteiger partial charge in [-0.05, 0) is 27.9 Å². The first kappa shape index (κ1) is 10.2. The van der Waals surface area contributed by atoms with Crippen LogP contribution >= 0.6 is 15.9 Å². The first-order valence-corrected chi connectivity index (χ1v) is 5.57. The normalized spacial score (nSPS) is 10.5. The Hall–Kier alpha value is -1.29. The average Bonchev–Trinajstić information content (AvgIpc) is 2.57. The number of nitrogens with zero attached hydrogens (tertiary/aromatic N) is 2. The fourth-order valence-corrected chi connectivity index (χ4v) is 1.73. The zero-order valence-corrected chi connectivity index (χ0v) is 9.81. The molecular weight excluding hydrogens is 254 g/mol. The molecular formula is C11H12BrN3. The first-order chi connectivity index (χ1) is 7.25. The van der Waals surface area contributed by atoms with Crippen LogP contribution < -0.4 is 5.73 Å². The van der Waals surface area contributed by atoms with E-state index in [0.717, 1.165) is 17.4 Å². The number of rotatable bonds is 3. The topological polar surface area (TPSA) is 43.8 Å². The van der Waals surface area contributed by atoms with Crippen LogP contribution in [0.5, 0.6) is 0 Å². The Balaban J connectivity index is 1.99. The molecule has 0 saturated carbocycles. The van der Waals surface area contributed by atoms with Crippen LogP contribution in [0.3, 0.4) is 0 Å². The van der Waals surface area contributed by atoms with Crippen molar-refractivity contribution < 1.29 is 0 Å². The van der Waals surface area contributed by atoms with E-state index < -0.39 is 0 Å². The molecule has 0 aliphatic carbocycles. The van der Waals surface area contributed by atoms with Crippen molar-refractivity contribution in [3.63, 3.8) is 0 Å². The van der Waals surface area contributed by atoms with Gasteiger partial charge < -0.3 is 5.73 Å². The molecule has 0 aliphatic heterocycles. The van der Waals surface area contributed by atoms with Gasteiger partial charge >= 0.3 is 0 Å². The van der Waals surface area contributed by atoms with Crippen LogP contribution in [0.4, 0.5) is 5.82 Å². The Morgan fingerprint density at radius 2 is 2.00 bits per heavy atom. The van der Waals surface area contributed by atoms with Gasteiger partial charge in [0.25, 0.3) is 0 Å². The summed E-state index contributed by atoms with van der Waals surface area (Å²) < 4.78 is 2.71. The molecule has 0 unspecified atom stereocenters. The fourth-order valence-electron chi connectivity index (χ4n) is 1.41. The highest BCUT2D eigenvalue weighted by Crippen LogP contribution is 2.16. The van der Waals surface area contributed by atoms with Gasteiger partial charge in [-0.2, -0.15) is 5.10 Å².